The van der Waals surface area contributed by atoms with Gasteiger partial charge in [-0.3, -0.25) is 9.59 Å². The van der Waals surface area contributed by atoms with E-state index in [-0.39, 0.29) is 6.42 Å². The molecular weight excluding hydrogens is 728 g/mol. The van der Waals surface area contributed by atoms with Crippen LogP contribution >= 0.6 is 0 Å². The Morgan fingerprint density at radius 2 is 1.07 bits per heavy atom. The zero-order valence-electron chi connectivity index (χ0n) is 33.0. The highest BCUT2D eigenvalue weighted by molar-refractivity contribution is 5.70. The van der Waals surface area contributed by atoms with Crippen LogP contribution in [-0.2, 0) is 25.5 Å². The first-order valence-electron chi connectivity index (χ1n) is 17.7. The van der Waals surface area contributed by atoms with Gasteiger partial charge in [-0.05, 0) is 24.3 Å². The summed E-state index contributed by atoms with van der Waals surface area (Å²) in [4.78, 5) is 25.7. The number of methoxy groups -OCH3 is 8. The van der Waals surface area contributed by atoms with E-state index in [0.29, 0.717) is 85.3 Å². The number of hydrogen-bond donors (Lipinski definition) is 0. The Bertz CT molecular complexity index is 2090. The molecule has 0 bridgehead atoms. The van der Waals surface area contributed by atoms with Gasteiger partial charge in [0.25, 0.3) is 0 Å². The topological polar surface area (TPSA) is 145 Å². The molecular formula is C42H46O14. The van der Waals surface area contributed by atoms with Crippen molar-refractivity contribution >= 4 is 11.9 Å². The van der Waals surface area contributed by atoms with Crippen molar-refractivity contribution in [1.82, 2.24) is 0 Å². The summed E-state index contributed by atoms with van der Waals surface area (Å²) in [6.07, 6.45) is -3.29. The molecule has 0 saturated carbocycles. The van der Waals surface area contributed by atoms with Crippen LogP contribution in [-0.4, -0.2) is 81.0 Å². The molecule has 14 heteroatoms. The molecule has 5 unspecified atom stereocenters. The van der Waals surface area contributed by atoms with Crippen molar-refractivity contribution in [2.24, 2.45) is 0 Å². The fourth-order valence-electron chi connectivity index (χ4n) is 7.54. The van der Waals surface area contributed by atoms with Gasteiger partial charge >= 0.3 is 11.9 Å². The summed E-state index contributed by atoms with van der Waals surface area (Å²) in [5, 5.41) is 0. The Morgan fingerprint density at radius 1 is 0.536 bits per heavy atom. The van der Waals surface area contributed by atoms with Crippen LogP contribution in [0.1, 0.15) is 59.8 Å². The van der Waals surface area contributed by atoms with Gasteiger partial charge in [-0.1, -0.05) is 12.1 Å². The second-order valence-electron chi connectivity index (χ2n) is 13.0. The van der Waals surface area contributed by atoms with E-state index in [1.165, 1.54) is 49.4 Å². The van der Waals surface area contributed by atoms with Crippen LogP contribution in [0.5, 0.6) is 57.5 Å². The molecule has 2 aliphatic heterocycles. The highest BCUT2D eigenvalue weighted by Crippen LogP contribution is 2.58. The van der Waals surface area contributed by atoms with Gasteiger partial charge in [0.05, 0.1) is 62.8 Å². The lowest BCUT2D eigenvalue weighted by Gasteiger charge is -2.41. The molecule has 14 nitrogen and oxygen atoms in total. The number of fused-ring (bicyclic) bond motifs is 2. The van der Waals surface area contributed by atoms with Gasteiger partial charge < -0.3 is 56.8 Å². The highest BCUT2D eigenvalue weighted by Gasteiger charge is 2.49. The zero-order chi connectivity index (χ0) is 40.3. The van der Waals surface area contributed by atoms with Crippen LogP contribution in [0.2, 0.25) is 0 Å². The average molecular weight is 775 g/mol. The van der Waals surface area contributed by atoms with Crippen LogP contribution in [0, 0.1) is 0 Å². The third kappa shape index (κ3) is 7.30. The Balaban J connectivity index is 1.61. The van der Waals surface area contributed by atoms with Crippen LogP contribution in [0.3, 0.4) is 0 Å². The number of benzene rings is 4. The first-order valence-corrected chi connectivity index (χ1v) is 17.7. The Hall–Kier alpha value is -6.18. The van der Waals surface area contributed by atoms with E-state index in [1.54, 1.807) is 63.8 Å². The van der Waals surface area contributed by atoms with Gasteiger partial charge in [-0.2, -0.15) is 0 Å². The van der Waals surface area contributed by atoms with Crippen molar-refractivity contribution in [1.29, 1.82) is 0 Å². The van der Waals surface area contributed by atoms with Crippen molar-refractivity contribution in [2.75, 3.05) is 56.9 Å². The van der Waals surface area contributed by atoms with E-state index in [4.69, 9.17) is 56.8 Å². The summed E-state index contributed by atoms with van der Waals surface area (Å²) in [6, 6.07) is 15.9. The van der Waals surface area contributed by atoms with Crippen molar-refractivity contribution in [3.8, 4) is 57.5 Å². The van der Waals surface area contributed by atoms with Gasteiger partial charge in [-0.15, -0.1) is 0 Å². The molecule has 0 fully saturated rings. The fraction of sp³-hybridized carbons (Fsp3) is 0.381. The van der Waals surface area contributed by atoms with E-state index in [0.717, 1.165) is 0 Å². The van der Waals surface area contributed by atoms with E-state index < -0.39 is 42.3 Å². The van der Waals surface area contributed by atoms with Crippen molar-refractivity contribution in [2.45, 2.75) is 50.6 Å². The molecule has 4 aromatic rings. The van der Waals surface area contributed by atoms with Gasteiger partial charge in [0.15, 0.2) is 41.3 Å². The summed E-state index contributed by atoms with van der Waals surface area (Å²) < 4.78 is 71.8. The van der Waals surface area contributed by atoms with E-state index >= 15 is 0 Å². The molecule has 0 amide bonds. The summed E-state index contributed by atoms with van der Waals surface area (Å²) in [6.45, 7) is 2.67. The summed E-state index contributed by atoms with van der Waals surface area (Å²) in [5.74, 6) is 2.49. The van der Waals surface area contributed by atoms with E-state index in [9.17, 15) is 9.59 Å². The maximum absolute atomic E-state index is 13.1. The molecule has 0 radical (unpaired) electrons. The monoisotopic (exact) mass is 774 g/mol. The Labute approximate surface area is 325 Å². The molecule has 2 aliphatic rings. The standard InChI is InChI=1S/C42H46O14/c1-21(43)53-35-19-26-29(55-39(35)23-11-13-27(46-4)30(15-23)48-6)20-33(51-9)37(41(26)52-10)38-36-32(50-8)17-25(45-3)18-34(36)56-40(42(38)54-22(2)44)24-12-14-28(47-5)31(16-24)49-7/h11-18,20,35,38-40,42H,19H2,1-10H3. The number of ether oxygens (including phenoxy) is 12. The van der Waals surface area contributed by atoms with Crippen molar-refractivity contribution in [3.05, 3.63) is 82.4 Å². The summed E-state index contributed by atoms with van der Waals surface area (Å²) >= 11 is 0. The van der Waals surface area contributed by atoms with E-state index in [1.807, 2.05) is 12.1 Å². The van der Waals surface area contributed by atoms with Crippen LogP contribution in [0.4, 0.5) is 0 Å². The second kappa shape index (κ2) is 16.7. The third-order valence-electron chi connectivity index (χ3n) is 9.89. The highest BCUT2D eigenvalue weighted by atomic mass is 16.6. The second-order valence-corrected chi connectivity index (χ2v) is 13.0. The van der Waals surface area contributed by atoms with E-state index in [2.05, 4.69) is 0 Å². The minimum atomic E-state index is -1.03. The molecule has 0 aliphatic carbocycles. The quantitative estimate of drug-likeness (QED) is 0.135. The average Bonchev–Trinajstić information content (AvgIpc) is 3.21. The molecule has 0 saturated heterocycles. The van der Waals surface area contributed by atoms with Gasteiger partial charge in [0, 0.05) is 66.3 Å². The SMILES string of the molecule is COc1cc(OC)c2c(c1)OC(c1ccc(OC)c(OC)c1)C(OC(C)=O)C2c1c(OC)cc2c(c1OC)CC(OC(C)=O)C(c1ccc(OC)c(OC)c1)O2. The van der Waals surface area contributed by atoms with Crippen LogP contribution < -0.4 is 47.4 Å². The smallest absolute Gasteiger partial charge is 0.303 e. The number of hydrogen-bond acceptors (Lipinski definition) is 14. The largest absolute Gasteiger partial charge is 0.496 e. The Morgan fingerprint density at radius 3 is 1.59 bits per heavy atom. The normalized spacial score (nSPS) is 19.4. The zero-order valence-corrected chi connectivity index (χ0v) is 33.0. The third-order valence-corrected chi connectivity index (χ3v) is 9.89. The molecule has 56 heavy (non-hydrogen) atoms. The lowest BCUT2D eigenvalue weighted by Crippen LogP contribution is -2.39. The molecule has 0 N–H and O–H groups in total. The molecule has 4 aromatic carbocycles. The first kappa shape index (κ1) is 39.5. The number of carbonyl (C=O) groups is 2. The summed E-state index contributed by atoms with van der Waals surface area (Å²) in [7, 11) is 12.3. The fourth-order valence-corrected chi connectivity index (χ4v) is 7.54. The van der Waals surface area contributed by atoms with Gasteiger partial charge in [0.2, 0.25) is 0 Å². The number of rotatable bonds is 13. The molecule has 5 atom stereocenters. The predicted octanol–water partition coefficient (Wildman–Crippen LogP) is 6.56. The maximum atomic E-state index is 13.1. The first-order chi connectivity index (χ1) is 27.0. The maximum Gasteiger partial charge on any atom is 0.303 e. The van der Waals surface area contributed by atoms with Crippen molar-refractivity contribution in [3.63, 3.8) is 0 Å². The number of esters is 2. The Kier molecular flexibility index (Phi) is 11.8. The summed E-state index contributed by atoms with van der Waals surface area (Å²) in [5.41, 5.74) is 2.96. The van der Waals surface area contributed by atoms with Crippen molar-refractivity contribution < 1.29 is 66.4 Å². The van der Waals surface area contributed by atoms with Crippen LogP contribution in [0.15, 0.2) is 54.6 Å². The van der Waals surface area contributed by atoms with Gasteiger partial charge in [0.1, 0.15) is 40.6 Å². The molecule has 298 valence electrons. The minimum Gasteiger partial charge on any atom is -0.496 e. The lowest BCUT2D eigenvalue weighted by molar-refractivity contribution is -0.154. The molecule has 2 heterocycles. The molecule has 0 aromatic heterocycles. The minimum absolute atomic E-state index is 0.182. The number of carbonyl (C=O) groups excluding carboxylic acids is 2. The predicted molar refractivity (Wildman–Crippen MR) is 202 cm³/mol. The molecule has 0 spiro atoms. The molecule has 6 rings (SSSR count). The van der Waals surface area contributed by atoms with Gasteiger partial charge in [-0.25, -0.2) is 0 Å². The lowest BCUT2D eigenvalue weighted by atomic mass is 9.77. The van der Waals surface area contributed by atoms with Crippen LogP contribution in [0.25, 0.3) is 0 Å².